The van der Waals surface area contributed by atoms with Crippen molar-refractivity contribution >= 4 is 48.8 Å². The number of amides is 1. The fourth-order valence-electron chi connectivity index (χ4n) is 2.72. The number of anilines is 1. The van der Waals surface area contributed by atoms with E-state index in [0.29, 0.717) is 19.0 Å². The number of aryl methyl sites for hydroxylation is 2. The summed E-state index contributed by atoms with van der Waals surface area (Å²) in [6, 6.07) is 17.1. The van der Waals surface area contributed by atoms with Crippen LogP contribution in [-0.4, -0.2) is 18.5 Å². The molecule has 1 atom stereocenters. The number of carbonyl (C=O) groups excluding carboxylic acids is 1. The van der Waals surface area contributed by atoms with Crippen LogP contribution in [0.3, 0.4) is 0 Å². The monoisotopic (exact) mass is 448 g/mol. The highest BCUT2D eigenvalue weighted by Crippen LogP contribution is 2.14. The van der Waals surface area contributed by atoms with Gasteiger partial charge in [-0.2, -0.15) is 0 Å². The lowest BCUT2D eigenvalue weighted by atomic mass is 10.0. The van der Waals surface area contributed by atoms with Crippen molar-refractivity contribution in [3.63, 3.8) is 0 Å². The molecule has 0 aliphatic heterocycles. The van der Waals surface area contributed by atoms with Crippen LogP contribution in [0, 0.1) is 0 Å². The van der Waals surface area contributed by atoms with Gasteiger partial charge in [-0.3, -0.25) is 10.2 Å². The molecule has 0 saturated carbocycles. The zero-order valence-corrected chi connectivity index (χ0v) is 18.5. The van der Waals surface area contributed by atoms with Gasteiger partial charge in [0.2, 0.25) is 5.91 Å². The van der Waals surface area contributed by atoms with Gasteiger partial charge in [-0.25, -0.2) is 5.84 Å². The van der Waals surface area contributed by atoms with Crippen LogP contribution in [0.2, 0.25) is 0 Å². The molecule has 2 aromatic rings. The Morgan fingerprint density at radius 1 is 0.893 bits per heavy atom. The molecule has 5 nitrogen and oxygen atoms in total. The lowest BCUT2D eigenvalue weighted by molar-refractivity contribution is -0.120. The molecule has 0 aliphatic carbocycles. The molecule has 2 rings (SSSR count). The van der Waals surface area contributed by atoms with Crippen LogP contribution in [0.15, 0.2) is 48.5 Å². The number of benzene rings is 2. The van der Waals surface area contributed by atoms with Gasteiger partial charge in [0.25, 0.3) is 0 Å². The number of hydrogen-bond donors (Lipinski definition) is 4. The quantitative estimate of drug-likeness (QED) is 0.268. The van der Waals surface area contributed by atoms with Gasteiger partial charge in [-0.15, -0.1) is 37.2 Å². The Labute approximate surface area is 186 Å². The predicted octanol–water partition coefficient (Wildman–Crippen LogP) is 3.42. The van der Waals surface area contributed by atoms with Crippen LogP contribution in [-0.2, 0) is 24.1 Å². The molecule has 1 amide bonds. The van der Waals surface area contributed by atoms with Gasteiger partial charge in [0, 0.05) is 11.7 Å². The zero-order valence-electron chi connectivity index (χ0n) is 16.0. The molecule has 0 radical (unpaired) electrons. The summed E-state index contributed by atoms with van der Waals surface area (Å²) in [4.78, 5) is 11.3. The topological polar surface area (TPSA) is 93.2 Å². The van der Waals surface area contributed by atoms with Crippen molar-refractivity contribution in [2.24, 2.45) is 11.6 Å². The molecule has 1 unspecified atom stereocenters. The van der Waals surface area contributed by atoms with Crippen molar-refractivity contribution in [2.75, 3.05) is 11.9 Å². The molecule has 0 fully saturated rings. The Bertz CT molecular complexity index is 666. The van der Waals surface area contributed by atoms with Crippen LogP contribution < -0.4 is 22.3 Å². The van der Waals surface area contributed by atoms with Gasteiger partial charge < -0.3 is 11.1 Å². The fraction of sp³-hybridized carbons (Fsp3) is 0.350. The average molecular weight is 450 g/mol. The normalized spacial score (nSPS) is 10.5. The van der Waals surface area contributed by atoms with E-state index in [9.17, 15) is 4.79 Å². The van der Waals surface area contributed by atoms with Gasteiger partial charge in [-0.05, 0) is 61.6 Å². The van der Waals surface area contributed by atoms with E-state index >= 15 is 0 Å². The standard InChI is InChI=1S/C20H28N4O.3ClH/c1-15(12-13-21)23-19-10-8-17(9-11-19)3-2-16-4-6-18(7-5-16)14-20(25)24-22;;;/h4-11,15,23H,2-3,12-14,21-22H2,1H3,(H,24,25);3*1H. The number of rotatable bonds is 9. The first-order chi connectivity index (χ1) is 12.1. The smallest absolute Gasteiger partial charge is 0.238 e. The summed E-state index contributed by atoms with van der Waals surface area (Å²) in [5.41, 5.74) is 12.4. The molecule has 0 aliphatic rings. The Morgan fingerprint density at radius 3 is 1.82 bits per heavy atom. The van der Waals surface area contributed by atoms with Gasteiger partial charge >= 0.3 is 0 Å². The highest BCUT2D eigenvalue weighted by atomic mass is 35.5. The second-order valence-corrected chi connectivity index (χ2v) is 6.38. The van der Waals surface area contributed by atoms with Crippen LogP contribution >= 0.6 is 37.2 Å². The average Bonchev–Trinajstić information content (AvgIpc) is 2.62. The van der Waals surface area contributed by atoms with Gasteiger partial charge in [0.15, 0.2) is 0 Å². The number of halogens is 3. The maximum Gasteiger partial charge on any atom is 0.238 e. The third-order valence-corrected chi connectivity index (χ3v) is 4.22. The maximum absolute atomic E-state index is 11.3. The van der Waals surface area contributed by atoms with Crippen molar-refractivity contribution in [3.05, 3.63) is 65.2 Å². The van der Waals surface area contributed by atoms with Crippen LogP contribution in [0.4, 0.5) is 5.69 Å². The fourth-order valence-corrected chi connectivity index (χ4v) is 2.72. The lowest BCUT2D eigenvalue weighted by Crippen LogP contribution is -2.31. The Kier molecular flexibility index (Phi) is 15.8. The number of nitrogens with two attached hydrogens (primary N) is 2. The van der Waals surface area contributed by atoms with E-state index in [4.69, 9.17) is 11.6 Å². The number of nitrogens with one attached hydrogen (secondary N) is 2. The molecule has 28 heavy (non-hydrogen) atoms. The molecule has 8 heteroatoms. The van der Waals surface area contributed by atoms with Gasteiger partial charge in [-0.1, -0.05) is 36.4 Å². The first kappa shape index (κ1) is 28.7. The summed E-state index contributed by atoms with van der Waals surface area (Å²) < 4.78 is 0. The molecule has 0 bridgehead atoms. The SMILES string of the molecule is CC(CCN)Nc1ccc(CCc2ccc(CC(=O)NN)cc2)cc1.Cl.Cl.Cl. The molecular weight excluding hydrogens is 419 g/mol. The number of hydrogen-bond acceptors (Lipinski definition) is 4. The van der Waals surface area contributed by atoms with E-state index in [-0.39, 0.29) is 43.1 Å². The summed E-state index contributed by atoms with van der Waals surface area (Å²) in [6.07, 6.45) is 3.24. The first-order valence-electron chi connectivity index (χ1n) is 8.73. The van der Waals surface area contributed by atoms with Crippen molar-refractivity contribution in [2.45, 2.75) is 38.6 Å². The summed E-state index contributed by atoms with van der Waals surface area (Å²) in [6.45, 7) is 2.84. The summed E-state index contributed by atoms with van der Waals surface area (Å²) in [5.74, 6) is 4.93. The highest BCUT2D eigenvalue weighted by Gasteiger charge is 2.03. The van der Waals surface area contributed by atoms with Gasteiger partial charge in [0.1, 0.15) is 0 Å². The second-order valence-electron chi connectivity index (χ2n) is 6.38. The van der Waals surface area contributed by atoms with E-state index in [1.165, 1.54) is 11.1 Å². The minimum Gasteiger partial charge on any atom is -0.383 e. The molecule has 0 aromatic heterocycles. The minimum absolute atomic E-state index is 0. The van der Waals surface area contributed by atoms with Crippen molar-refractivity contribution in [1.82, 2.24) is 5.43 Å². The largest absolute Gasteiger partial charge is 0.383 e. The Balaban J connectivity index is 0. The third kappa shape index (κ3) is 10.2. The van der Waals surface area contributed by atoms with Gasteiger partial charge in [0.05, 0.1) is 6.42 Å². The van der Waals surface area contributed by atoms with Crippen molar-refractivity contribution < 1.29 is 4.79 Å². The van der Waals surface area contributed by atoms with E-state index in [0.717, 1.165) is 30.5 Å². The predicted molar refractivity (Wildman–Crippen MR) is 125 cm³/mol. The zero-order chi connectivity index (χ0) is 18.1. The Morgan fingerprint density at radius 2 is 1.36 bits per heavy atom. The third-order valence-electron chi connectivity index (χ3n) is 4.22. The van der Waals surface area contributed by atoms with Crippen molar-refractivity contribution in [3.8, 4) is 0 Å². The summed E-state index contributed by atoms with van der Waals surface area (Å²) in [7, 11) is 0. The molecule has 2 aromatic carbocycles. The van der Waals surface area contributed by atoms with E-state index in [1.54, 1.807) is 0 Å². The van der Waals surface area contributed by atoms with Crippen molar-refractivity contribution in [1.29, 1.82) is 0 Å². The second kappa shape index (κ2) is 15.4. The van der Waals surface area contributed by atoms with E-state index in [2.05, 4.69) is 54.1 Å². The minimum atomic E-state index is -0.178. The summed E-state index contributed by atoms with van der Waals surface area (Å²) >= 11 is 0. The van der Waals surface area contributed by atoms with Crippen LogP contribution in [0.25, 0.3) is 0 Å². The summed E-state index contributed by atoms with van der Waals surface area (Å²) in [5, 5.41) is 3.45. The van der Waals surface area contributed by atoms with Crippen LogP contribution in [0.1, 0.15) is 30.0 Å². The molecule has 0 saturated heterocycles. The van der Waals surface area contributed by atoms with E-state index < -0.39 is 0 Å². The maximum atomic E-state index is 11.3. The first-order valence-corrected chi connectivity index (χ1v) is 8.73. The Hall–Kier alpha value is -1.50. The number of carbonyl (C=O) groups is 1. The van der Waals surface area contributed by atoms with Crippen LogP contribution in [0.5, 0.6) is 0 Å². The molecular formula is C20H31Cl3N4O. The molecule has 0 heterocycles. The molecule has 158 valence electrons. The number of hydrazine groups is 1. The highest BCUT2D eigenvalue weighted by molar-refractivity contribution is 5.86. The lowest BCUT2D eigenvalue weighted by Gasteiger charge is -2.14. The molecule has 0 spiro atoms. The van der Waals surface area contributed by atoms with E-state index in [1.807, 2.05) is 12.1 Å². The molecule has 6 N–H and O–H groups in total.